The molecule has 1 aliphatic heterocycles. The maximum absolute atomic E-state index is 11.7. The Hall–Kier alpha value is -1.37. The minimum Gasteiger partial charge on any atom is -0.393 e. The summed E-state index contributed by atoms with van der Waals surface area (Å²) in [5.74, 6) is -3.03. The van der Waals surface area contributed by atoms with Gasteiger partial charge in [-0.05, 0) is 6.07 Å². The maximum atomic E-state index is 11.7. The van der Waals surface area contributed by atoms with Gasteiger partial charge in [-0.15, -0.1) is 0 Å². The second-order valence-corrected chi connectivity index (χ2v) is 5.68. The van der Waals surface area contributed by atoms with Gasteiger partial charge in [0.25, 0.3) is 0 Å². The van der Waals surface area contributed by atoms with Crippen LogP contribution in [0.15, 0.2) is 17.1 Å². The number of hydrogen-bond acceptors (Lipinski definition) is 9. The van der Waals surface area contributed by atoms with E-state index in [1.165, 1.54) is 6.07 Å². The Labute approximate surface area is 122 Å². The number of rotatable bonds is 4. The number of nitrogen functional groups attached to an aromatic ring is 1. The lowest BCUT2D eigenvalue weighted by atomic mass is 10.1. The van der Waals surface area contributed by atoms with Gasteiger partial charge >= 0.3 is 13.5 Å². The average molecular weight is 339 g/mol. The Morgan fingerprint density at radius 3 is 2.68 bits per heavy atom. The van der Waals surface area contributed by atoms with Crippen LogP contribution in [0, 0.1) is 0 Å². The molecule has 0 unspecified atom stereocenters. The van der Waals surface area contributed by atoms with Crippen molar-refractivity contribution in [2.75, 3.05) is 12.3 Å². The molecule has 0 amide bonds. The van der Waals surface area contributed by atoms with E-state index in [0.29, 0.717) is 0 Å². The van der Waals surface area contributed by atoms with Crippen LogP contribution in [0.3, 0.4) is 0 Å². The number of nitrogens with zero attached hydrogens (tertiary/aromatic N) is 2. The van der Waals surface area contributed by atoms with Gasteiger partial charge < -0.3 is 35.6 Å². The maximum Gasteiger partial charge on any atom is 0.472 e. The summed E-state index contributed by atoms with van der Waals surface area (Å²) >= 11 is 0. The number of anilines is 1. The van der Waals surface area contributed by atoms with E-state index in [0.717, 1.165) is 10.8 Å². The Morgan fingerprint density at radius 2 is 2.18 bits per heavy atom. The fraction of sp³-hybridized carbons (Fsp3) is 0.556. The van der Waals surface area contributed by atoms with Crippen LogP contribution in [0.2, 0.25) is 0 Å². The van der Waals surface area contributed by atoms with Gasteiger partial charge in [0.1, 0.15) is 11.9 Å². The highest BCUT2D eigenvalue weighted by Crippen LogP contribution is 2.48. The molecule has 2 heterocycles. The number of phosphoric ester groups is 1. The van der Waals surface area contributed by atoms with Gasteiger partial charge in [0.05, 0.1) is 6.61 Å². The van der Waals surface area contributed by atoms with E-state index in [2.05, 4.69) is 9.51 Å². The standard InChI is InChI=1S/C9H14N3O9P/c10-5-1-2-12(8(15)11-5)7-6(14)9(16,4(3-13)20-7)21-22(17,18)19/h1-2,4,6-7,13-14,16H,3H2,(H2,10,11,15)(H2,17,18,19)/t4-,6+,7-,9+/m1/s1. The predicted octanol–water partition coefficient (Wildman–Crippen LogP) is -3.13. The van der Waals surface area contributed by atoms with Crippen molar-refractivity contribution in [3.05, 3.63) is 22.7 Å². The van der Waals surface area contributed by atoms with Crippen LogP contribution in [0.1, 0.15) is 6.23 Å². The highest BCUT2D eigenvalue weighted by Gasteiger charge is 2.60. The van der Waals surface area contributed by atoms with Gasteiger partial charge in [0, 0.05) is 6.20 Å². The molecule has 0 aliphatic carbocycles. The smallest absolute Gasteiger partial charge is 0.393 e. The van der Waals surface area contributed by atoms with Gasteiger partial charge in [0.15, 0.2) is 12.3 Å². The van der Waals surface area contributed by atoms with E-state index >= 15 is 0 Å². The van der Waals surface area contributed by atoms with E-state index in [1.807, 2.05) is 0 Å². The lowest BCUT2D eigenvalue weighted by Gasteiger charge is -2.29. The molecule has 0 spiro atoms. The number of aliphatic hydroxyl groups is 3. The SMILES string of the molecule is Nc1ccn([C@@H]2O[C@H](CO)[C@](O)(OP(=O)(O)O)[C@H]2O)c(=O)n1. The first-order valence-electron chi connectivity index (χ1n) is 5.86. The zero-order chi connectivity index (χ0) is 16.7. The molecule has 0 radical (unpaired) electrons. The first-order valence-corrected chi connectivity index (χ1v) is 7.39. The largest absolute Gasteiger partial charge is 0.472 e. The van der Waals surface area contributed by atoms with Crippen molar-refractivity contribution < 1.29 is 38.9 Å². The molecule has 1 aliphatic rings. The van der Waals surface area contributed by atoms with Gasteiger partial charge in [-0.25, -0.2) is 13.9 Å². The number of nitrogens with two attached hydrogens (primary N) is 1. The molecule has 12 nitrogen and oxygen atoms in total. The number of phosphoric acid groups is 1. The third-order valence-electron chi connectivity index (χ3n) is 3.02. The van der Waals surface area contributed by atoms with E-state index in [4.69, 9.17) is 25.4 Å². The van der Waals surface area contributed by atoms with Crippen molar-refractivity contribution in [3.8, 4) is 0 Å². The Morgan fingerprint density at radius 1 is 1.55 bits per heavy atom. The number of hydrogen-bond donors (Lipinski definition) is 6. The van der Waals surface area contributed by atoms with E-state index in [1.54, 1.807) is 0 Å². The van der Waals surface area contributed by atoms with Crippen LogP contribution in [0.5, 0.6) is 0 Å². The summed E-state index contributed by atoms with van der Waals surface area (Å²) in [6, 6.07) is 1.20. The molecule has 1 fully saturated rings. The van der Waals surface area contributed by atoms with Crippen LogP contribution in [0.25, 0.3) is 0 Å². The first kappa shape index (κ1) is 17.0. The molecule has 1 saturated heterocycles. The second-order valence-electron chi connectivity index (χ2n) is 4.52. The molecular formula is C9H14N3O9P. The quantitative estimate of drug-likeness (QED) is 0.239. The highest BCUT2D eigenvalue weighted by molar-refractivity contribution is 7.46. The zero-order valence-corrected chi connectivity index (χ0v) is 11.8. The van der Waals surface area contributed by atoms with Crippen molar-refractivity contribution in [1.82, 2.24) is 9.55 Å². The van der Waals surface area contributed by atoms with Gasteiger partial charge in [-0.3, -0.25) is 4.57 Å². The molecule has 1 aromatic heterocycles. The number of aromatic nitrogens is 2. The third kappa shape index (κ3) is 3.04. The van der Waals surface area contributed by atoms with Crippen molar-refractivity contribution >= 4 is 13.6 Å². The molecule has 2 rings (SSSR count). The van der Waals surface area contributed by atoms with Crippen LogP contribution in [-0.4, -0.2) is 59.3 Å². The Kier molecular flexibility index (Phi) is 4.39. The minimum atomic E-state index is -5.23. The Bertz CT molecular complexity index is 660. The molecule has 4 atom stereocenters. The number of ether oxygens (including phenoxy) is 1. The summed E-state index contributed by atoms with van der Waals surface area (Å²) in [6.07, 6.45) is -4.32. The van der Waals surface area contributed by atoms with Crippen molar-refractivity contribution in [3.63, 3.8) is 0 Å². The normalized spacial score (nSPS) is 32.3. The minimum absolute atomic E-state index is 0.103. The summed E-state index contributed by atoms with van der Waals surface area (Å²) in [5.41, 5.74) is 4.36. The van der Waals surface area contributed by atoms with Crippen LogP contribution >= 0.6 is 7.82 Å². The summed E-state index contributed by atoms with van der Waals surface area (Å²) in [5, 5.41) is 29.3. The molecular weight excluding hydrogens is 325 g/mol. The molecule has 13 heteroatoms. The van der Waals surface area contributed by atoms with Gasteiger partial charge in [-0.2, -0.15) is 4.98 Å². The molecule has 124 valence electrons. The molecule has 1 aromatic rings. The predicted molar refractivity (Wildman–Crippen MR) is 68.0 cm³/mol. The monoisotopic (exact) mass is 339 g/mol. The number of aliphatic hydroxyl groups excluding tert-OH is 2. The van der Waals surface area contributed by atoms with E-state index in [-0.39, 0.29) is 5.82 Å². The fourth-order valence-corrected chi connectivity index (χ4v) is 2.66. The van der Waals surface area contributed by atoms with Crippen molar-refractivity contribution in [2.45, 2.75) is 24.2 Å². The van der Waals surface area contributed by atoms with Crippen LogP contribution < -0.4 is 11.4 Å². The van der Waals surface area contributed by atoms with Crippen LogP contribution in [-0.2, 0) is 13.8 Å². The fourth-order valence-electron chi connectivity index (χ4n) is 2.05. The average Bonchev–Trinajstić information content (AvgIpc) is 2.60. The van der Waals surface area contributed by atoms with Gasteiger partial charge in [0.2, 0.25) is 5.79 Å². The van der Waals surface area contributed by atoms with E-state index < -0.39 is 44.3 Å². The summed E-state index contributed by atoms with van der Waals surface area (Å²) in [6.45, 7) is -0.943. The molecule has 0 aromatic carbocycles. The van der Waals surface area contributed by atoms with Gasteiger partial charge in [-0.1, -0.05) is 0 Å². The summed E-state index contributed by atoms with van der Waals surface area (Å²) in [7, 11) is -5.23. The topological polar surface area (TPSA) is 198 Å². The Balaban J connectivity index is 2.41. The lowest BCUT2D eigenvalue weighted by Crippen LogP contribution is -2.51. The molecule has 0 saturated carbocycles. The van der Waals surface area contributed by atoms with E-state index in [9.17, 15) is 19.6 Å². The summed E-state index contributed by atoms with van der Waals surface area (Å²) in [4.78, 5) is 32.7. The van der Waals surface area contributed by atoms with Crippen LogP contribution in [0.4, 0.5) is 5.82 Å². The molecule has 22 heavy (non-hydrogen) atoms. The second kappa shape index (κ2) is 5.68. The van der Waals surface area contributed by atoms with Crippen molar-refractivity contribution in [2.24, 2.45) is 0 Å². The third-order valence-corrected chi connectivity index (χ3v) is 3.55. The summed E-state index contributed by atoms with van der Waals surface area (Å²) < 4.78 is 20.8. The van der Waals surface area contributed by atoms with Crippen molar-refractivity contribution in [1.29, 1.82) is 0 Å². The zero-order valence-electron chi connectivity index (χ0n) is 10.9. The first-order chi connectivity index (χ1) is 10.1. The molecule has 0 bridgehead atoms. The molecule has 7 N–H and O–H groups in total. The highest BCUT2D eigenvalue weighted by atomic mass is 31.2. The lowest BCUT2D eigenvalue weighted by molar-refractivity contribution is -0.224.